The van der Waals surface area contributed by atoms with E-state index in [4.69, 9.17) is 18.0 Å². The summed E-state index contributed by atoms with van der Waals surface area (Å²) in [6, 6.07) is 11.4. The van der Waals surface area contributed by atoms with Crippen LogP contribution in [-0.4, -0.2) is 11.0 Å². The molecule has 1 saturated carbocycles. The van der Waals surface area contributed by atoms with E-state index >= 15 is 0 Å². The van der Waals surface area contributed by atoms with Crippen LogP contribution in [0.2, 0.25) is 0 Å². The van der Waals surface area contributed by atoms with Crippen molar-refractivity contribution >= 4 is 34.2 Å². The quantitative estimate of drug-likeness (QED) is 0.850. The minimum atomic E-state index is 0.477. The van der Waals surface area contributed by atoms with Crippen LogP contribution >= 0.6 is 23.6 Å². The lowest BCUT2D eigenvalue weighted by atomic mass is 10.1. The van der Waals surface area contributed by atoms with E-state index in [0.717, 1.165) is 17.7 Å². The Morgan fingerprint density at radius 2 is 2.20 bits per heavy atom. The molecule has 0 radical (unpaired) electrons. The van der Waals surface area contributed by atoms with Gasteiger partial charge in [0, 0.05) is 22.2 Å². The summed E-state index contributed by atoms with van der Waals surface area (Å²) in [7, 11) is 0. The van der Waals surface area contributed by atoms with Gasteiger partial charge < -0.3 is 10.6 Å². The Morgan fingerprint density at radius 3 is 2.75 bits per heavy atom. The molecule has 1 heterocycles. The van der Waals surface area contributed by atoms with Crippen LogP contribution in [0.5, 0.6) is 0 Å². The molecule has 2 N–H and O–H groups in total. The van der Waals surface area contributed by atoms with Crippen LogP contribution in [0.4, 0.5) is 5.69 Å². The molecule has 1 aliphatic rings. The van der Waals surface area contributed by atoms with Crippen molar-refractivity contribution < 1.29 is 0 Å². The molecule has 0 atom stereocenters. The van der Waals surface area contributed by atoms with Crippen molar-refractivity contribution in [1.82, 2.24) is 0 Å². The smallest absolute Gasteiger partial charge is 0.104 e. The number of hydrogen-bond acceptors (Lipinski definition) is 3. The van der Waals surface area contributed by atoms with Gasteiger partial charge in [-0.05, 0) is 55.0 Å². The van der Waals surface area contributed by atoms with E-state index in [2.05, 4.69) is 47.5 Å². The summed E-state index contributed by atoms with van der Waals surface area (Å²) < 4.78 is 0. The predicted octanol–water partition coefficient (Wildman–Crippen LogP) is 3.86. The second kappa shape index (κ2) is 5.54. The zero-order chi connectivity index (χ0) is 14.1. The maximum atomic E-state index is 5.74. The molecule has 104 valence electrons. The van der Waals surface area contributed by atoms with Gasteiger partial charge in [0.1, 0.15) is 4.99 Å². The minimum Gasteiger partial charge on any atom is -0.389 e. The van der Waals surface area contributed by atoms with Crippen LogP contribution in [0.25, 0.3) is 0 Å². The standard InChI is InChI=1S/C16H18N2S2/c1-11-9-13(6-7-15(11)16(17)19)18(12-4-5-12)10-14-3-2-8-20-14/h2-3,6-9,12H,4-5,10H2,1H3,(H2,17,19). The Labute approximate surface area is 129 Å². The van der Waals surface area contributed by atoms with Crippen molar-refractivity contribution in [2.45, 2.75) is 32.4 Å². The molecule has 2 nitrogen and oxygen atoms in total. The summed E-state index contributed by atoms with van der Waals surface area (Å²) in [5.41, 5.74) is 9.16. The number of rotatable bonds is 5. The van der Waals surface area contributed by atoms with E-state index in [-0.39, 0.29) is 0 Å². The molecular formula is C16H18N2S2. The van der Waals surface area contributed by atoms with Crippen molar-refractivity contribution in [1.29, 1.82) is 0 Å². The van der Waals surface area contributed by atoms with E-state index in [1.807, 2.05) is 11.3 Å². The summed E-state index contributed by atoms with van der Waals surface area (Å²) in [4.78, 5) is 4.39. The van der Waals surface area contributed by atoms with E-state index in [1.165, 1.54) is 23.4 Å². The maximum Gasteiger partial charge on any atom is 0.104 e. The van der Waals surface area contributed by atoms with Gasteiger partial charge in [-0.3, -0.25) is 0 Å². The third kappa shape index (κ3) is 2.86. The second-order valence-corrected chi connectivity index (χ2v) is 6.77. The normalized spacial score (nSPS) is 14.2. The fourth-order valence-electron chi connectivity index (χ4n) is 2.49. The summed E-state index contributed by atoms with van der Waals surface area (Å²) in [6.07, 6.45) is 2.59. The first kappa shape index (κ1) is 13.6. The number of benzene rings is 1. The van der Waals surface area contributed by atoms with Crippen LogP contribution in [-0.2, 0) is 6.54 Å². The summed E-state index contributed by atoms with van der Waals surface area (Å²) in [5.74, 6) is 0. The van der Waals surface area contributed by atoms with Crippen molar-refractivity contribution in [3.05, 3.63) is 51.7 Å². The molecule has 1 aliphatic carbocycles. The van der Waals surface area contributed by atoms with E-state index in [0.29, 0.717) is 11.0 Å². The molecule has 0 aliphatic heterocycles. The first-order valence-electron chi connectivity index (χ1n) is 6.84. The highest BCUT2D eigenvalue weighted by atomic mass is 32.1. The number of thiophene rings is 1. The number of nitrogens with two attached hydrogens (primary N) is 1. The molecule has 4 heteroatoms. The first-order chi connectivity index (χ1) is 9.65. The molecule has 1 aromatic heterocycles. The molecule has 20 heavy (non-hydrogen) atoms. The Balaban J connectivity index is 1.88. The highest BCUT2D eigenvalue weighted by molar-refractivity contribution is 7.80. The SMILES string of the molecule is Cc1cc(N(Cc2cccs2)C2CC2)ccc1C(N)=S. The summed E-state index contributed by atoms with van der Waals surface area (Å²) in [5, 5.41) is 2.14. The van der Waals surface area contributed by atoms with E-state index in [9.17, 15) is 0 Å². The van der Waals surface area contributed by atoms with Gasteiger partial charge in [-0.25, -0.2) is 0 Å². The molecule has 2 aromatic rings. The van der Waals surface area contributed by atoms with Crippen molar-refractivity contribution in [3.63, 3.8) is 0 Å². The Kier molecular flexibility index (Phi) is 3.76. The second-order valence-electron chi connectivity index (χ2n) is 5.30. The predicted molar refractivity (Wildman–Crippen MR) is 90.6 cm³/mol. The van der Waals surface area contributed by atoms with Crippen LogP contribution in [0, 0.1) is 6.92 Å². The van der Waals surface area contributed by atoms with E-state index in [1.54, 1.807) is 0 Å². The third-order valence-electron chi connectivity index (χ3n) is 3.70. The van der Waals surface area contributed by atoms with Crippen molar-refractivity contribution in [3.8, 4) is 0 Å². The van der Waals surface area contributed by atoms with Gasteiger partial charge in [0.15, 0.2) is 0 Å². The van der Waals surface area contributed by atoms with Gasteiger partial charge in [-0.1, -0.05) is 18.3 Å². The van der Waals surface area contributed by atoms with Gasteiger partial charge in [-0.2, -0.15) is 0 Å². The van der Waals surface area contributed by atoms with Crippen LogP contribution in [0.15, 0.2) is 35.7 Å². The number of aryl methyl sites for hydroxylation is 1. The molecule has 0 saturated heterocycles. The average Bonchev–Trinajstić information content (AvgIpc) is 3.12. The summed E-state index contributed by atoms with van der Waals surface area (Å²) >= 11 is 6.90. The average molecular weight is 302 g/mol. The molecule has 0 amide bonds. The maximum absolute atomic E-state index is 5.74. The van der Waals surface area contributed by atoms with Crippen molar-refractivity contribution in [2.75, 3.05) is 4.90 Å². The Bertz CT molecular complexity index is 615. The molecule has 1 fully saturated rings. The topological polar surface area (TPSA) is 29.3 Å². The Hall–Kier alpha value is -1.39. The molecule has 0 spiro atoms. The number of nitrogens with zero attached hydrogens (tertiary/aromatic N) is 1. The monoisotopic (exact) mass is 302 g/mol. The van der Waals surface area contributed by atoms with Gasteiger partial charge in [0.05, 0.1) is 6.54 Å². The fraction of sp³-hybridized carbons (Fsp3) is 0.312. The highest BCUT2D eigenvalue weighted by Crippen LogP contribution is 2.34. The lowest BCUT2D eigenvalue weighted by Crippen LogP contribution is -2.25. The molecule has 0 unspecified atom stereocenters. The fourth-order valence-corrected chi connectivity index (χ4v) is 3.42. The molecule has 0 bridgehead atoms. The number of thiocarbonyl (C=S) groups is 1. The van der Waals surface area contributed by atoms with Crippen LogP contribution in [0.1, 0.15) is 28.8 Å². The van der Waals surface area contributed by atoms with Gasteiger partial charge in [0.25, 0.3) is 0 Å². The van der Waals surface area contributed by atoms with Crippen LogP contribution < -0.4 is 10.6 Å². The van der Waals surface area contributed by atoms with E-state index < -0.39 is 0 Å². The largest absolute Gasteiger partial charge is 0.389 e. The van der Waals surface area contributed by atoms with Crippen LogP contribution in [0.3, 0.4) is 0 Å². The minimum absolute atomic E-state index is 0.477. The molecular weight excluding hydrogens is 284 g/mol. The van der Waals surface area contributed by atoms with Gasteiger partial charge in [-0.15, -0.1) is 11.3 Å². The first-order valence-corrected chi connectivity index (χ1v) is 8.13. The Morgan fingerprint density at radius 1 is 1.40 bits per heavy atom. The lowest BCUT2D eigenvalue weighted by molar-refractivity contribution is 0.803. The zero-order valence-electron chi connectivity index (χ0n) is 11.5. The zero-order valence-corrected chi connectivity index (χ0v) is 13.1. The third-order valence-corrected chi connectivity index (χ3v) is 4.78. The molecule has 1 aromatic carbocycles. The van der Waals surface area contributed by atoms with Gasteiger partial charge in [0.2, 0.25) is 0 Å². The number of anilines is 1. The highest BCUT2D eigenvalue weighted by Gasteiger charge is 2.29. The van der Waals surface area contributed by atoms with Crippen molar-refractivity contribution in [2.24, 2.45) is 5.73 Å². The lowest BCUT2D eigenvalue weighted by Gasteiger charge is -2.25. The summed E-state index contributed by atoms with van der Waals surface area (Å²) in [6.45, 7) is 3.07. The molecule has 3 rings (SSSR count). The number of hydrogen-bond donors (Lipinski definition) is 1. The van der Waals surface area contributed by atoms with Gasteiger partial charge >= 0.3 is 0 Å².